The number of rotatable bonds is 4. The molecule has 1 aromatic carbocycles. The molecule has 1 aliphatic rings. The summed E-state index contributed by atoms with van der Waals surface area (Å²) in [7, 11) is 0. The van der Waals surface area contributed by atoms with Gasteiger partial charge in [-0.15, -0.1) is 0 Å². The van der Waals surface area contributed by atoms with Gasteiger partial charge in [0.05, 0.1) is 12.6 Å². The average molecular weight is 286 g/mol. The maximum absolute atomic E-state index is 12.4. The number of H-pyrrole nitrogens is 1. The van der Waals surface area contributed by atoms with E-state index in [1.54, 1.807) is 0 Å². The van der Waals surface area contributed by atoms with E-state index >= 15 is 0 Å². The van der Waals surface area contributed by atoms with Gasteiger partial charge in [0.25, 0.3) is 0 Å². The predicted octanol–water partition coefficient (Wildman–Crippen LogP) is 2.47. The Bertz CT molecular complexity index is 620. The number of carbonyl (C=O) groups excluding carboxylic acids is 1. The molecule has 0 aliphatic carbocycles. The van der Waals surface area contributed by atoms with Crippen molar-refractivity contribution in [2.24, 2.45) is 0 Å². The highest BCUT2D eigenvalue weighted by Crippen LogP contribution is 2.21. The van der Waals surface area contributed by atoms with Crippen LogP contribution in [-0.2, 0) is 11.2 Å². The Balaban J connectivity index is 1.65. The number of piperidine rings is 1. The molecule has 1 amide bonds. The van der Waals surface area contributed by atoms with Gasteiger partial charge in [-0.25, -0.2) is 0 Å². The van der Waals surface area contributed by atoms with Gasteiger partial charge < -0.3 is 15.0 Å². The van der Waals surface area contributed by atoms with Crippen LogP contribution >= 0.6 is 0 Å². The maximum Gasteiger partial charge on any atom is 0.223 e. The number of amides is 1. The highest BCUT2D eigenvalue weighted by Gasteiger charge is 2.25. The average Bonchev–Trinajstić information content (AvgIpc) is 2.96. The molecule has 4 heteroatoms. The number of carbonyl (C=O) groups is 1. The molecule has 112 valence electrons. The summed E-state index contributed by atoms with van der Waals surface area (Å²) in [5, 5.41) is 10.6. The third kappa shape index (κ3) is 2.95. The topological polar surface area (TPSA) is 56.3 Å². The molecule has 0 bridgehead atoms. The Morgan fingerprint density at radius 2 is 2.19 bits per heavy atom. The van der Waals surface area contributed by atoms with Crippen molar-refractivity contribution in [3.63, 3.8) is 0 Å². The lowest BCUT2D eigenvalue weighted by molar-refractivity contribution is -0.135. The van der Waals surface area contributed by atoms with Gasteiger partial charge >= 0.3 is 0 Å². The van der Waals surface area contributed by atoms with Gasteiger partial charge in [0.1, 0.15) is 0 Å². The molecule has 4 nitrogen and oxygen atoms in total. The number of benzene rings is 1. The van der Waals surface area contributed by atoms with Crippen LogP contribution in [-0.4, -0.2) is 40.1 Å². The second-order valence-electron chi connectivity index (χ2n) is 5.78. The van der Waals surface area contributed by atoms with Gasteiger partial charge in [-0.05, 0) is 37.3 Å². The number of aliphatic hydroxyl groups excluding tert-OH is 1. The van der Waals surface area contributed by atoms with E-state index in [4.69, 9.17) is 0 Å². The first-order chi connectivity index (χ1) is 10.3. The molecular weight excluding hydrogens is 264 g/mol. The number of nitrogens with zero attached hydrogens (tertiary/aromatic N) is 1. The smallest absolute Gasteiger partial charge is 0.223 e. The molecule has 1 fully saturated rings. The first kappa shape index (κ1) is 14.1. The Morgan fingerprint density at radius 3 is 3.05 bits per heavy atom. The van der Waals surface area contributed by atoms with Crippen LogP contribution in [0.15, 0.2) is 30.5 Å². The van der Waals surface area contributed by atoms with Gasteiger partial charge in [-0.1, -0.05) is 18.2 Å². The second kappa shape index (κ2) is 6.31. The summed E-state index contributed by atoms with van der Waals surface area (Å²) in [4.78, 5) is 17.5. The summed E-state index contributed by atoms with van der Waals surface area (Å²) < 4.78 is 0. The molecule has 1 unspecified atom stereocenters. The highest BCUT2D eigenvalue weighted by molar-refractivity contribution is 5.84. The molecular formula is C17H22N2O2. The molecule has 1 atom stereocenters. The van der Waals surface area contributed by atoms with E-state index in [1.807, 2.05) is 29.3 Å². The molecule has 1 saturated heterocycles. The maximum atomic E-state index is 12.4. The standard InChI is InChI=1S/C17H22N2O2/c20-12-14-5-3-4-10-19(14)17(21)9-8-13-11-18-16-7-2-1-6-15(13)16/h1-2,6-7,11,14,18,20H,3-5,8-10,12H2. The summed E-state index contributed by atoms with van der Waals surface area (Å²) in [6.07, 6.45) is 6.34. The molecule has 0 saturated carbocycles. The van der Waals surface area contributed by atoms with Crippen molar-refractivity contribution in [3.8, 4) is 0 Å². The number of aromatic amines is 1. The number of aliphatic hydroxyl groups is 1. The largest absolute Gasteiger partial charge is 0.394 e. The van der Waals surface area contributed by atoms with E-state index in [1.165, 1.54) is 10.9 Å². The molecule has 2 heterocycles. The second-order valence-corrected chi connectivity index (χ2v) is 5.78. The lowest BCUT2D eigenvalue weighted by Gasteiger charge is -2.34. The number of likely N-dealkylation sites (tertiary alicyclic amines) is 1. The fourth-order valence-electron chi connectivity index (χ4n) is 3.24. The minimum atomic E-state index is 0.0224. The normalized spacial score (nSPS) is 19.1. The number of nitrogens with one attached hydrogen (secondary N) is 1. The van der Waals surface area contributed by atoms with E-state index < -0.39 is 0 Å². The van der Waals surface area contributed by atoms with Crippen LogP contribution in [0, 0.1) is 0 Å². The van der Waals surface area contributed by atoms with E-state index in [9.17, 15) is 9.90 Å². The van der Waals surface area contributed by atoms with Crippen molar-refractivity contribution in [1.82, 2.24) is 9.88 Å². The number of hydrogen-bond acceptors (Lipinski definition) is 2. The predicted molar refractivity (Wildman–Crippen MR) is 83.1 cm³/mol. The highest BCUT2D eigenvalue weighted by atomic mass is 16.3. The van der Waals surface area contributed by atoms with Gasteiger partial charge in [-0.2, -0.15) is 0 Å². The van der Waals surface area contributed by atoms with E-state index in [2.05, 4.69) is 11.1 Å². The monoisotopic (exact) mass is 286 g/mol. The zero-order chi connectivity index (χ0) is 14.7. The molecule has 0 spiro atoms. The third-order valence-electron chi connectivity index (χ3n) is 4.44. The van der Waals surface area contributed by atoms with E-state index in [0.717, 1.165) is 37.7 Å². The van der Waals surface area contributed by atoms with E-state index in [-0.39, 0.29) is 18.6 Å². The van der Waals surface area contributed by atoms with Gasteiger partial charge in [0.15, 0.2) is 0 Å². The fraction of sp³-hybridized carbons (Fsp3) is 0.471. The molecule has 2 N–H and O–H groups in total. The molecule has 1 aromatic heterocycles. The molecule has 1 aliphatic heterocycles. The summed E-state index contributed by atoms with van der Waals surface area (Å²) in [5.41, 5.74) is 2.31. The Hall–Kier alpha value is -1.81. The number of fused-ring (bicyclic) bond motifs is 1. The fourth-order valence-corrected chi connectivity index (χ4v) is 3.24. The Kier molecular flexibility index (Phi) is 4.25. The van der Waals surface area contributed by atoms with Crippen LogP contribution in [0.4, 0.5) is 0 Å². The molecule has 0 radical (unpaired) electrons. The van der Waals surface area contributed by atoms with Crippen LogP contribution < -0.4 is 0 Å². The molecule has 21 heavy (non-hydrogen) atoms. The molecule has 3 rings (SSSR count). The van der Waals surface area contributed by atoms with Crippen LogP contribution in [0.3, 0.4) is 0 Å². The van der Waals surface area contributed by atoms with Crippen molar-refractivity contribution in [2.45, 2.75) is 38.1 Å². The number of aromatic nitrogens is 1. The lowest BCUT2D eigenvalue weighted by atomic mass is 10.0. The summed E-state index contributed by atoms with van der Waals surface area (Å²) in [6.45, 7) is 0.872. The van der Waals surface area contributed by atoms with Gasteiger partial charge in [0.2, 0.25) is 5.91 Å². The number of aryl methyl sites for hydroxylation is 1. The molecule has 2 aromatic rings. The Labute approximate surface area is 124 Å². The Morgan fingerprint density at radius 1 is 1.33 bits per heavy atom. The minimum Gasteiger partial charge on any atom is -0.394 e. The van der Waals surface area contributed by atoms with Crippen molar-refractivity contribution in [1.29, 1.82) is 0 Å². The van der Waals surface area contributed by atoms with Crippen LogP contribution in [0.2, 0.25) is 0 Å². The van der Waals surface area contributed by atoms with Crippen molar-refractivity contribution in [2.75, 3.05) is 13.2 Å². The minimum absolute atomic E-state index is 0.0224. The number of hydrogen-bond donors (Lipinski definition) is 2. The zero-order valence-electron chi connectivity index (χ0n) is 12.2. The van der Waals surface area contributed by atoms with E-state index in [0.29, 0.717) is 6.42 Å². The zero-order valence-corrected chi connectivity index (χ0v) is 12.2. The quantitative estimate of drug-likeness (QED) is 0.907. The summed E-state index contributed by atoms with van der Waals surface area (Å²) in [6, 6.07) is 8.19. The van der Waals surface area contributed by atoms with Crippen LogP contribution in [0.1, 0.15) is 31.2 Å². The SMILES string of the molecule is O=C(CCc1c[nH]c2ccccc12)N1CCCCC1CO. The lowest BCUT2D eigenvalue weighted by Crippen LogP contribution is -2.45. The van der Waals surface area contributed by atoms with Crippen LogP contribution in [0.25, 0.3) is 10.9 Å². The van der Waals surface area contributed by atoms with Gasteiger partial charge in [-0.3, -0.25) is 4.79 Å². The van der Waals surface area contributed by atoms with Crippen LogP contribution in [0.5, 0.6) is 0 Å². The summed E-state index contributed by atoms with van der Waals surface area (Å²) >= 11 is 0. The van der Waals surface area contributed by atoms with Gasteiger partial charge in [0, 0.05) is 30.1 Å². The summed E-state index contributed by atoms with van der Waals surface area (Å²) in [5.74, 6) is 0.166. The number of para-hydroxylation sites is 1. The third-order valence-corrected chi connectivity index (χ3v) is 4.44. The first-order valence-electron chi connectivity index (χ1n) is 7.75. The van der Waals surface area contributed by atoms with Crippen molar-refractivity contribution < 1.29 is 9.90 Å². The van der Waals surface area contributed by atoms with Crippen molar-refractivity contribution >= 4 is 16.8 Å². The first-order valence-corrected chi connectivity index (χ1v) is 7.75. The van der Waals surface area contributed by atoms with Crippen molar-refractivity contribution in [3.05, 3.63) is 36.0 Å².